The van der Waals surface area contributed by atoms with Crippen molar-refractivity contribution in [2.24, 2.45) is 5.10 Å². The number of nitrogens with one attached hydrogen (secondary N) is 1. The number of aromatic nitrogens is 3. The van der Waals surface area contributed by atoms with Gasteiger partial charge in [-0.05, 0) is 66.9 Å². The normalized spacial score (nSPS) is 11.1. The van der Waals surface area contributed by atoms with E-state index in [-0.39, 0.29) is 12.5 Å². The standard InChI is InChI=1S/C26H27N5O3/c1-18-6-4-8-22-26(18)19(2)16-31(22)13-11-25(32)30-28-15-20-9-10-23(24(14-20)33-3)34-17-21-7-5-12-27-29-21/h4-10,12,14-16H,11,13,17H2,1-3H3,(H,30,32). The number of ether oxygens (including phenoxy) is 2. The number of rotatable bonds is 9. The predicted octanol–water partition coefficient (Wildman–Crippen LogP) is 4.18. The van der Waals surface area contributed by atoms with Crippen LogP contribution in [0.4, 0.5) is 0 Å². The zero-order valence-electron chi connectivity index (χ0n) is 19.5. The Kier molecular flexibility index (Phi) is 7.17. The highest BCUT2D eigenvalue weighted by molar-refractivity contribution is 5.87. The van der Waals surface area contributed by atoms with Crippen LogP contribution in [0.25, 0.3) is 10.9 Å². The van der Waals surface area contributed by atoms with Crippen molar-refractivity contribution in [3.63, 3.8) is 0 Å². The highest BCUT2D eigenvalue weighted by atomic mass is 16.5. The third-order valence-corrected chi connectivity index (χ3v) is 5.48. The number of hydrazone groups is 1. The molecule has 2 aromatic carbocycles. The van der Waals surface area contributed by atoms with Gasteiger partial charge in [-0.1, -0.05) is 12.1 Å². The van der Waals surface area contributed by atoms with Gasteiger partial charge in [0.25, 0.3) is 0 Å². The number of fused-ring (bicyclic) bond motifs is 1. The summed E-state index contributed by atoms with van der Waals surface area (Å²) in [6.45, 7) is 5.06. The largest absolute Gasteiger partial charge is 0.493 e. The number of nitrogens with zero attached hydrogens (tertiary/aromatic N) is 4. The number of carbonyl (C=O) groups is 1. The van der Waals surface area contributed by atoms with E-state index in [1.54, 1.807) is 37.7 Å². The van der Waals surface area contributed by atoms with Gasteiger partial charge in [0.05, 0.1) is 13.3 Å². The average molecular weight is 458 g/mol. The molecule has 34 heavy (non-hydrogen) atoms. The molecule has 0 radical (unpaired) electrons. The van der Waals surface area contributed by atoms with Crippen molar-refractivity contribution in [2.45, 2.75) is 33.4 Å². The number of hydrogen-bond donors (Lipinski definition) is 1. The summed E-state index contributed by atoms with van der Waals surface area (Å²) >= 11 is 0. The third kappa shape index (κ3) is 5.40. The molecule has 0 aliphatic rings. The molecule has 0 saturated carbocycles. The van der Waals surface area contributed by atoms with E-state index in [4.69, 9.17) is 9.47 Å². The van der Waals surface area contributed by atoms with Crippen LogP contribution in [0.15, 0.2) is 66.0 Å². The van der Waals surface area contributed by atoms with E-state index < -0.39 is 0 Å². The maximum absolute atomic E-state index is 12.3. The van der Waals surface area contributed by atoms with Gasteiger partial charge in [0, 0.05) is 36.3 Å². The molecule has 2 aromatic heterocycles. The molecule has 2 heterocycles. The second-order valence-electron chi connectivity index (χ2n) is 7.93. The number of methoxy groups -OCH3 is 1. The summed E-state index contributed by atoms with van der Waals surface area (Å²) in [6.07, 6.45) is 5.61. The lowest BCUT2D eigenvalue weighted by atomic mass is 10.1. The molecule has 0 saturated heterocycles. The van der Waals surface area contributed by atoms with Gasteiger partial charge in [-0.25, -0.2) is 5.43 Å². The lowest BCUT2D eigenvalue weighted by Crippen LogP contribution is -2.19. The molecule has 0 aliphatic heterocycles. The molecular formula is C26H27N5O3. The smallest absolute Gasteiger partial charge is 0.241 e. The van der Waals surface area contributed by atoms with Crippen LogP contribution in [0, 0.1) is 13.8 Å². The van der Waals surface area contributed by atoms with Gasteiger partial charge < -0.3 is 14.0 Å². The van der Waals surface area contributed by atoms with E-state index in [2.05, 4.69) is 57.5 Å². The Morgan fingerprint density at radius 2 is 2.00 bits per heavy atom. The Morgan fingerprint density at radius 1 is 1.12 bits per heavy atom. The fraction of sp³-hybridized carbons (Fsp3) is 0.231. The van der Waals surface area contributed by atoms with Crippen LogP contribution in [-0.4, -0.2) is 34.0 Å². The Bertz CT molecular complexity index is 1320. The number of aryl methyl sites for hydroxylation is 3. The summed E-state index contributed by atoms with van der Waals surface area (Å²) < 4.78 is 13.3. The van der Waals surface area contributed by atoms with Gasteiger partial charge in [-0.2, -0.15) is 15.3 Å². The van der Waals surface area contributed by atoms with E-state index >= 15 is 0 Å². The minimum Gasteiger partial charge on any atom is -0.493 e. The number of benzene rings is 2. The minimum absolute atomic E-state index is 0.153. The van der Waals surface area contributed by atoms with Gasteiger partial charge in [0.1, 0.15) is 12.3 Å². The second kappa shape index (κ2) is 10.6. The van der Waals surface area contributed by atoms with E-state index in [1.807, 2.05) is 18.2 Å². The van der Waals surface area contributed by atoms with Crippen molar-refractivity contribution < 1.29 is 14.3 Å². The van der Waals surface area contributed by atoms with Crippen LogP contribution in [0.3, 0.4) is 0 Å². The van der Waals surface area contributed by atoms with Crippen molar-refractivity contribution in [3.8, 4) is 11.5 Å². The predicted molar refractivity (Wildman–Crippen MR) is 131 cm³/mol. The van der Waals surface area contributed by atoms with Crippen LogP contribution in [0.1, 0.15) is 28.8 Å². The fourth-order valence-electron chi connectivity index (χ4n) is 3.86. The van der Waals surface area contributed by atoms with Crippen LogP contribution in [0.5, 0.6) is 11.5 Å². The lowest BCUT2D eigenvalue weighted by Gasteiger charge is -2.10. The number of amides is 1. The molecule has 8 heteroatoms. The van der Waals surface area contributed by atoms with Crippen molar-refractivity contribution in [2.75, 3.05) is 7.11 Å². The molecule has 0 fully saturated rings. The minimum atomic E-state index is -0.153. The second-order valence-corrected chi connectivity index (χ2v) is 7.93. The quantitative estimate of drug-likeness (QED) is 0.301. The van der Waals surface area contributed by atoms with Gasteiger partial charge in [-0.15, -0.1) is 0 Å². The van der Waals surface area contributed by atoms with E-state index in [0.29, 0.717) is 24.5 Å². The first-order valence-electron chi connectivity index (χ1n) is 11.0. The summed E-state index contributed by atoms with van der Waals surface area (Å²) in [5, 5.41) is 13.2. The molecule has 4 rings (SSSR count). The Labute approximate surface area is 198 Å². The maximum Gasteiger partial charge on any atom is 0.241 e. The van der Waals surface area contributed by atoms with Crippen molar-refractivity contribution >= 4 is 23.0 Å². The molecule has 1 amide bonds. The molecule has 1 N–H and O–H groups in total. The Hall–Kier alpha value is -4.20. The molecule has 0 bridgehead atoms. The SMILES string of the molecule is COc1cc(C=NNC(=O)CCn2cc(C)c3c(C)cccc32)ccc1OCc1cccnn1. The van der Waals surface area contributed by atoms with Gasteiger partial charge in [0.15, 0.2) is 11.5 Å². The van der Waals surface area contributed by atoms with Crippen molar-refractivity contribution in [1.82, 2.24) is 20.2 Å². The van der Waals surface area contributed by atoms with Crippen LogP contribution in [0.2, 0.25) is 0 Å². The van der Waals surface area contributed by atoms with Crippen molar-refractivity contribution in [1.29, 1.82) is 0 Å². The van der Waals surface area contributed by atoms with E-state index in [0.717, 1.165) is 16.8 Å². The van der Waals surface area contributed by atoms with Gasteiger partial charge >= 0.3 is 0 Å². The molecule has 0 unspecified atom stereocenters. The first kappa shape index (κ1) is 23.0. The summed E-state index contributed by atoms with van der Waals surface area (Å²) in [5.74, 6) is 0.988. The van der Waals surface area contributed by atoms with Gasteiger partial charge in [0.2, 0.25) is 5.91 Å². The average Bonchev–Trinajstić information content (AvgIpc) is 3.19. The summed E-state index contributed by atoms with van der Waals surface area (Å²) in [4.78, 5) is 12.3. The molecule has 4 aromatic rings. The van der Waals surface area contributed by atoms with Crippen LogP contribution < -0.4 is 14.9 Å². The molecule has 0 atom stereocenters. The molecular weight excluding hydrogens is 430 g/mol. The Morgan fingerprint density at radius 3 is 2.79 bits per heavy atom. The summed E-state index contributed by atoms with van der Waals surface area (Å²) in [6, 6.07) is 15.3. The van der Waals surface area contributed by atoms with Crippen LogP contribution >= 0.6 is 0 Å². The third-order valence-electron chi connectivity index (χ3n) is 5.48. The van der Waals surface area contributed by atoms with Crippen LogP contribution in [-0.2, 0) is 17.9 Å². The summed E-state index contributed by atoms with van der Waals surface area (Å²) in [5.41, 5.74) is 7.68. The van der Waals surface area contributed by atoms with E-state index in [1.165, 1.54) is 16.5 Å². The topological polar surface area (TPSA) is 90.6 Å². The molecule has 0 aliphatic carbocycles. The first-order chi connectivity index (χ1) is 16.5. The monoisotopic (exact) mass is 457 g/mol. The first-order valence-corrected chi connectivity index (χ1v) is 11.0. The lowest BCUT2D eigenvalue weighted by molar-refractivity contribution is -0.121. The van der Waals surface area contributed by atoms with Crippen molar-refractivity contribution in [3.05, 3.63) is 83.3 Å². The Balaban J connectivity index is 1.32. The van der Waals surface area contributed by atoms with E-state index in [9.17, 15) is 4.79 Å². The molecule has 8 nitrogen and oxygen atoms in total. The molecule has 0 spiro atoms. The summed E-state index contributed by atoms with van der Waals surface area (Å²) in [7, 11) is 1.57. The zero-order chi connectivity index (χ0) is 23.9. The highest BCUT2D eigenvalue weighted by Gasteiger charge is 2.09. The maximum atomic E-state index is 12.3. The highest BCUT2D eigenvalue weighted by Crippen LogP contribution is 2.28. The molecule has 174 valence electrons. The number of hydrogen-bond acceptors (Lipinski definition) is 6. The van der Waals surface area contributed by atoms with Gasteiger partial charge in [-0.3, -0.25) is 4.79 Å². The fourth-order valence-corrected chi connectivity index (χ4v) is 3.86. The number of carbonyl (C=O) groups excluding carboxylic acids is 1. The zero-order valence-corrected chi connectivity index (χ0v) is 19.5.